The summed E-state index contributed by atoms with van der Waals surface area (Å²) >= 11 is 0. The molecular formula is C34H38N6O5Si. The van der Waals surface area contributed by atoms with E-state index in [2.05, 4.69) is 15.4 Å². The maximum absolute atomic E-state index is 14.7. The Morgan fingerprint density at radius 2 is 1.83 bits per heavy atom. The van der Waals surface area contributed by atoms with Crippen molar-refractivity contribution in [1.82, 2.24) is 24.8 Å². The van der Waals surface area contributed by atoms with Gasteiger partial charge in [-0.15, -0.1) is 5.10 Å². The lowest BCUT2D eigenvalue weighted by atomic mass is 9.82. The number of rotatable bonds is 9. The second-order valence-corrected chi connectivity index (χ2v) is 16.9. The van der Waals surface area contributed by atoms with Gasteiger partial charge in [0.25, 0.3) is 11.5 Å². The standard InChI is InChI=1S/C34H38N6O5Si/c1-22-31(46(2,3)44)30(15-17-38-21-24(16-18-41)35-37-38)45-34(22)27-12-5-7-14-29(27)39(33(34)43)20-23-9-8-10-25(19-23)40-32(42)26-11-4-6-13-28(26)36-40/h4-14,19,21-22,30-31,36,41,44H,15-18,20H2,1-3H3/t22-,30+,31-,34+/m0/s1. The van der Waals surface area contributed by atoms with E-state index < -0.39 is 13.9 Å². The Hall–Kier alpha value is -4.36. The third-order valence-corrected chi connectivity index (χ3v) is 12.1. The number of amides is 1. The molecule has 2 aliphatic rings. The molecule has 0 unspecified atom stereocenters. The van der Waals surface area contributed by atoms with Crippen LogP contribution in [0.2, 0.25) is 18.6 Å². The van der Waals surface area contributed by atoms with Crippen molar-refractivity contribution >= 4 is 30.8 Å². The summed E-state index contributed by atoms with van der Waals surface area (Å²) in [5, 5.41) is 21.4. The highest BCUT2D eigenvalue weighted by Crippen LogP contribution is 2.59. The van der Waals surface area contributed by atoms with Crippen molar-refractivity contribution in [2.45, 2.75) is 63.2 Å². The van der Waals surface area contributed by atoms with Crippen LogP contribution >= 0.6 is 0 Å². The van der Waals surface area contributed by atoms with Gasteiger partial charge in [-0.2, -0.15) is 0 Å². The number of anilines is 1. The molecule has 1 fully saturated rings. The van der Waals surface area contributed by atoms with Gasteiger partial charge >= 0.3 is 0 Å². The van der Waals surface area contributed by atoms with E-state index in [9.17, 15) is 19.5 Å². The van der Waals surface area contributed by atoms with Crippen LogP contribution in [0.1, 0.15) is 30.2 Å². The molecule has 11 nitrogen and oxygen atoms in total. The van der Waals surface area contributed by atoms with Gasteiger partial charge in [-0.25, -0.2) is 4.68 Å². The fourth-order valence-corrected chi connectivity index (χ4v) is 10.2. The first-order valence-electron chi connectivity index (χ1n) is 15.7. The first-order valence-corrected chi connectivity index (χ1v) is 18.7. The molecular weight excluding hydrogens is 600 g/mol. The molecule has 0 aliphatic carbocycles. The third-order valence-electron chi connectivity index (χ3n) is 9.59. The van der Waals surface area contributed by atoms with Crippen LogP contribution in [0.25, 0.3) is 16.6 Å². The van der Waals surface area contributed by atoms with Gasteiger partial charge < -0.3 is 19.5 Å². The molecule has 5 aromatic rings. The highest BCUT2D eigenvalue weighted by Gasteiger charge is 2.66. The lowest BCUT2D eigenvalue weighted by Crippen LogP contribution is -2.46. The summed E-state index contributed by atoms with van der Waals surface area (Å²) in [6.07, 6.45) is 2.42. The van der Waals surface area contributed by atoms with E-state index in [1.165, 1.54) is 4.68 Å². The average molecular weight is 639 g/mol. The molecule has 0 bridgehead atoms. The minimum absolute atomic E-state index is 0.000682. The van der Waals surface area contributed by atoms with Crippen molar-refractivity contribution < 1.29 is 19.4 Å². The number of aliphatic hydroxyl groups is 1. The van der Waals surface area contributed by atoms with Crippen LogP contribution in [0.3, 0.4) is 0 Å². The van der Waals surface area contributed by atoms with E-state index in [1.54, 1.807) is 15.6 Å². The van der Waals surface area contributed by atoms with E-state index in [4.69, 9.17) is 4.74 Å². The van der Waals surface area contributed by atoms with Gasteiger partial charge in [0, 0.05) is 42.8 Å². The van der Waals surface area contributed by atoms with Gasteiger partial charge in [0.05, 0.1) is 40.6 Å². The lowest BCUT2D eigenvalue weighted by Gasteiger charge is -2.32. The van der Waals surface area contributed by atoms with E-state index in [1.807, 2.05) is 92.9 Å². The first-order chi connectivity index (χ1) is 22.1. The van der Waals surface area contributed by atoms with Gasteiger partial charge in [0.1, 0.15) is 0 Å². The maximum atomic E-state index is 14.7. The number of hydrogen-bond donors (Lipinski definition) is 3. The van der Waals surface area contributed by atoms with Gasteiger partial charge in [0.15, 0.2) is 13.9 Å². The average Bonchev–Trinajstić information content (AvgIpc) is 3.77. The number of nitrogens with zero attached hydrogens (tertiary/aromatic N) is 5. The summed E-state index contributed by atoms with van der Waals surface area (Å²) < 4.78 is 10.2. The van der Waals surface area contributed by atoms with Crippen LogP contribution in [-0.4, -0.2) is 61.6 Å². The largest absolute Gasteiger partial charge is 0.432 e. The van der Waals surface area contributed by atoms with Gasteiger partial charge in [0.2, 0.25) is 0 Å². The highest BCUT2D eigenvalue weighted by atomic mass is 28.4. The predicted octanol–water partition coefficient (Wildman–Crippen LogP) is 3.88. The number of carbonyl (C=O) groups is 1. The van der Waals surface area contributed by atoms with Crippen molar-refractivity contribution in [3.05, 3.63) is 106 Å². The number of carbonyl (C=O) groups excluding carboxylic acids is 1. The summed E-state index contributed by atoms with van der Waals surface area (Å²) in [5.41, 5.74) is 3.03. The Morgan fingerprint density at radius 1 is 1.04 bits per heavy atom. The lowest BCUT2D eigenvalue weighted by molar-refractivity contribution is -0.146. The zero-order valence-electron chi connectivity index (χ0n) is 26.1. The molecule has 4 heterocycles. The number of nitrogens with one attached hydrogen (secondary N) is 1. The van der Waals surface area contributed by atoms with Gasteiger partial charge in [-0.3, -0.25) is 19.4 Å². The fourth-order valence-electron chi connectivity index (χ4n) is 7.61. The number of para-hydroxylation sites is 2. The quantitative estimate of drug-likeness (QED) is 0.208. The van der Waals surface area contributed by atoms with Crippen LogP contribution in [0.5, 0.6) is 0 Å². The smallest absolute Gasteiger partial charge is 0.279 e. The molecule has 1 saturated heterocycles. The Kier molecular flexibility index (Phi) is 7.55. The molecule has 238 valence electrons. The molecule has 46 heavy (non-hydrogen) atoms. The van der Waals surface area contributed by atoms with Crippen molar-refractivity contribution in [2.24, 2.45) is 5.92 Å². The van der Waals surface area contributed by atoms with E-state index in [-0.39, 0.29) is 35.6 Å². The minimum atomic E-state index is -2.81. The zero-order chi connectivity index (χ0) is 32.2. The molecule has 2 aromatic heterocycles. The van der Waals surface area contributed by atoms with E-state index in [0.29, 0.717) is 42.7 Å². The second-order valence-electron chi connectivity index (χ2n) is 13.0. The van der Waals surface area contributed by atoms with Crippen LogP contribution in [0, 0.1) is 5.92 Å². The fraction of sp³-hybridized carbons (Fsp3) is 0.353. The van der Waals surface area contributed by atoms with Crippen molar-refractivity contribution in [2.75, 3.05) is 11.5 Å². The van der Waals surface area contributed by atoms with Crippen LogP contribution in [0.4, 0.5) is 5.69 Å². The monoisotopic (exact) mass is 638 g/mol. The van der Waals surface area contributed by atoms with Crippen LogP contribution < -0.4 is 10.5 Å². The summed E-state index contributed by atoms with van der Waals surface area (Å²) in [7, 11) is -2.81. The predicted molar refractivity (Wildman–Crippen MR) is 176 cm³/mol. The molecule has 3 aromatic carbocycles. The molecule has 2 aliphatic heterocycles. The molecule has 0 saturated carbocycles. The Balaban J connectivity index is 1.21. The van der Waals surface area contributed by atoms with Gasteiger partial charge in [-0.05, 0) is 55.4 Å². The van der Waals surface area contributed by atoms with Crippen molar-refractivity contribution in [3.8, 4) is 5.69 Å². The Bertz CT molecular complexity index is 1980. The summed E-state index contributed by atoms with van der Waals surface area (Å²) in [6.45, 7) is 6.66. The molecule has 1 amide bonds. The minimum Gasteiger partial charge on any atom is -0.432 e. The number of aliphatic hydroxyl groups excluding tert-OH is 1. The van der Waals surface area contributed by atoms with Crippen LogP contribution in [-0.2, 0) is 34.6 Å². The zero-order valence-corrected chi connectivity index (χ0v) is 27.1. The van der Waals surface area contributed by atoms with E-state index in [0.717, 1.165) is 22.3 Å². The molecule has 3 N–H and O–H groups in total. The molecule has 0 radical (unpaired) electrons. The molecule has 1 spiro atoms. The number of hydrogen-bond acceptors (Lipinski definition) is 7. The normalized spacial score (nSPS) is 22.8. The number of aromatic amines is 1. The highest BCUT2D eigenvalue weighted by molar-refractivity contribution is 6.71. The summed E-state index contributed by atoms with van der Waals surface area (Å²) in [5.74, 6) is -0.425. The van der Waals surface area contributed by atoms with Crippen molar-refractivity contribution in [1.29, 1.82) is 0 Å². The summed E-state index contributed by atoms with van der Waals surface area (Å²) in [4.78, 5) is 41.2. The SMILES string of the molecule is C[C@H]1[C@H]([Si](C)(C)O)[C@@H](CCn2cc(CCO)nn2)O[C@]12C(=O)N(Cc1cccc(-n3[nH]c4ccccc4c3=O)c1)c1ccccc12. The number of aryl methyl sites for hydroxylation is 1. The number of H-pyrrole nitrogens is 1. The number of fused-ring (bicyclic) bond motifs is 3. The topological polar surface area (TPSA) is 138 Å². The van der Waals surface area contributed by atoms with Crippen LogP contribution in [0.15, 0.2) is 83.8 Å². The summed E-state index contributed by atoms with van der Waals surface area (Å²) in [6, 6.07) is 22.8. The van der Waals surface area contributed by atoms with Crippen molar-refractivity contribution in [3.63, 3.8) is 0 Å². The molecule has 7 rings (SSSR count). The number of aromatic nitrogens is 5. The second kappa shape index (κ2) is 11.5. The Morgan fingerprint density at radius 3 is 2.61 bits per heavy atom. The van der Waals surface area contributed by atoms with Gasteiger partial charge in [-0.1, -0.05) is 54.6 Å². The maximum Gasteiger partial charge on any atom is 0.279 e. The third kappa shape index (κ3) is 4.92. The Labute approximate surface area is 267 Å². The number of ether oxygens (including phenoxy) is 1. The number of benzene rings is 3. The molecule has 12 heteroatoms. The van der Waals surface area contributed by atoms with E-state index >= 15 is 0 Å². The molecule has 4 atom stereocenters. The first kappa shape index (κ1) is 30.3.